The molecule has 2 aliphatic rings. The Hall–Kier alpha value is -0.290. The second kappa shape index (κ2) is 5.78. The van der Waals surface area contributed by atoms with Gasteiger partial charge >= 0.3 is 6.18 Å². The number of hydrogen-bond donors (Lipinski definition) is 1. The Labute approximate surface area is 107 Å². The van der Waals surface area contributed by atoms with Crippen LogP contribution in [0, 0.1) is 5.92 Å². The Morgan fingerprint density at radius 1 is 1.17 bits per heavy atom. The van der Waals surface area contributed by atoms with Crippen LogP contribution in [-0.2, 0) is 0 Å². The molecule has 1 N–H and O–H groups in total. The van der Waals surface area contributed by atoms with Crippen LogP contribution < -0.4 is 5.32 Å². The van der Waals surface area contributed by atoms with Gasteiger partial charge in [0, 0.05) is 25.2 Å². The van der Waals surface area contributed by atoms with Gasteiger partial charge in [-0.15, -0.1) is 0 Å². The highest BCUT2D eigenvalue weighted by Gasteiger charge is 2.39. The van der Waals surface area contributed by atoms with Gasteiger partial charge in [0.15, 0.2) is 0 Å². The molecule has 0 amide bonds. The lowest BCUT2D eigenvalue weighted by atomic mass is 9.82. The van der Waals surface area contributed by atoms with Crippen molar-refractivity contribution >= 4 is 0 Å². The zero-order valence-corrected chi connectivity index (χ0v) is 11.0. The van der Waals surface area contributed by atoms with E-state index < -0.39 is 12.7 Å². The Morgan fingerprint density at radius 3 is 2.44 bits per heavy atom. The van der Waals surface area contributed by atoms with Gasteiger partial charge in [0.25, 0.3) is 0 Å². The Bertz CT molecular complexity index is 261. The Morgan fingerprint density at radius 2 is 1.83 bits per heavy atom. The molecule has 2 nitrogen and oxygen atoms in total. The fraction of sp³-hybridized carbons (Fsp3) is 1.00. The van der Waals surface area contributed by atoms with Crippen LogP contribution in [0.4, 0.5) is 13.2 Å². The highest BCUT2D eigenvalue weighted by atomic mass is 19.4. The molecule has 2 atom stereocenters. The van der Waals surface area contributed by atoms with Crippen molar-refractivity contribution in [3.63, 3.8) is 0 Å². The topological polar surface area (TPSA) is 15.3 Å². The van der Waals surface area contributed by atoms with E-state index in [1.807, 2.05) is 6.92 Å². The van der Waals surface area contributed by atoms with Crippen LogP contribution in [0.25, 0.3) is 0 Å². The zero-order chi connectivity index (χ0) is 13.2. The zero-order valence-electron chi connectivity index (χ0n) is 11.0. The average molecular weight is 264 g/mol. The van der Waals surface area contributed by atoms with Crippen LogP contribution in [0.1, 0.15) is 39.0 Å². The lowest BCUT2D eigenvalue weighted by Gasteiger charge is -2.44. The van der Waals surface area contributed by atoms with Gasteiger partial charge in [-0.05, 0) is 25.7 Å². The first kappa shape index (κ1) is 14.1. The summed E-state index contributed by atoms with van der Waals surface area (Å²) in [4.78, 5) is 1.66. The minimum absolute atomic E-state index is 0.0723. The number of piperazine rings is 1. The van der Waals surface area contributed by atoms with Crippen molar-refractivity contribution in [1.82, 2.24) is 10.2 Å². The van der Waals surface area contributed by atoms with E-state index in [1.54, 1.807) is 4.90 Å². The monoisotopic (exact) mass is 264 g/mol. The molecule has 1 heterocycles. The molecule has 1 saturated carbocycles. The number of alkyl halides is 3. The van der Waals surface area contributed by atoms with E-state index in [0.717, 1.165) is 12.8 Å². The fourth-order valence-corrected chi connectivity index (χ4v) is 3.40. The number of nitrogens with zero attached hydrogens (tertiary/aromatic N) is 1. The van der Waals surface area contributed by atoms with E-state index in [2.05, 4.69) is 5.32 Å². The van der Waals surface area contributed by atoms with Crippen LogP contribution in [-0.4, -0.2) is 42.8 Å². The van der Waals surface area contributed by atoms with Gasteiger partial charge in [0.2, 0.25) is 0 Å². The van der Waals surface area contributed by atoms with Crippen molar-refractivity contribution in [3.05, 3.63) is 0 Å². The first-order valence-electron chi connectivity index (χ1n) is 7.00. The summed E-state index contributed by atoms with van der Waals surface area (Å²) < 4.78 is 37.9. The SMILES string of the molecule is CC1CN(CC(F)(F)F)C(C2CCCCC2)CN1. The standard InChI is InChI=1S/C13H23F3N2/c1-10-8-18(9-13(14,15)16)12(7-17-10)11-5-3-2-4-6-11/h10-12,17H,2-9H2,1H3. The highest BCUT2D eigenvalue weighted by molar-refractivity contribution is 4.90. The van der Waals surface area contributed by atoms with Gasteiger partial charge in [-0.3, -0.25) is 4.90 Å². The maximum Gasteiger partial charge on any atom is 0.401 e. The number of halogens is 3. The molecule has 0 aromatic carbocycles. The summed E-state index contributed by atoms with van der Waals surface area (Å²) in [7, 11) is 0. The lowest BCUT2D eigenvalue weighted by molar-refractivity contribution is -0.157. The summed E-state index contributed by atoms with van der Waals surface area (Å²) >= 11 is 0. The Kier molecular flexibility index (Phi) is 4.54. The van der Waals surface area contributed by atoms with Crippen molar-refractivity contribution < 1.29 is 13.2 Å². The third kappa shape index (κ3) is 3.85. The summed E-state index contributed by atoms with van der Waals surface area (Å²) in [5.74, 6) is 0.445. The molecule has 0 spiro atoms. The van der Waals surface area contributed by atoms with Crippen LogP contribution >= 0.6 is 0 Å². The maximum absolute atomic E-state index is 12.6. The molecule has 18 heavy (non-hydrogen) atoms. The third-order valence-electron chi connectivity index (χ3n) is 4.23. The Balaban J connectivity index is 2.00. The van der Waals surface area contributed by atoms with Gasteiger partial charge in [0.05, 0.1) is 6.54 Å². The second-order valence-electron chi connectivity index (χ2n) is 5.82. The normalized spacial score (nSPS) is 32.7. The molecule has 1 saturated heterocycles. The number of hydrogen-bond acceptors (Lipinski definition) is 2. The molecule has 2 fully saturated rings. The van der Waals surface area contributed by atoms with Gasteiger partial charge in [-0.1, -0.05) is 19.3 Å². The summed E-state index contributed by atoms with van der Waals surface area (Å²) in [5.41, 5.74) is 0. The molecule has 0 radical (unpaired) electrons. The quantitative estimate of drug-likeness (QED) is 0.825. The van der Waals surface area contributed by atoms with Crippen LogP contribution in [0.3, 0.4) is 0 Å². The molecular formula is C13H23F3N2. The smallest absolute Gasteiger partial charge is 0.311 e. The summed E-state index contributed by atoms with van der Waals surface area (Å²) in [6.45, 7) is 2.43. The first-order chi connectivity index (χ1) is 8.46. The summed E-state index contributed by atoms with van der Waals surface area (Å²) in [5, 5.41) is 3.34. The highest BCUT2D eigenvalue weighted by Crippen LogP contribution is 2.31. The molecule has 0 aromatic rings. The first-order valence-corrected chi connectivity index (χ1v) is 7.00. The van der Waals surface area contributed by atoms with E-state index >= 15 is 0 Å². The second-order valence-corrected chi connectivity index (χ2v) is 5.82. The molecule has 0 aromatic heterocycles. The molecule has 1 aliphatic carbocycles. The fourth-order valence-electron chi connectivity index (χ4n) is 3.40. The minimum atomic E-state index is -4.08. The van der Waals surface area contributed by atoms with Gasteiger partial charge in [0.1, 0.15) is 0 Å². The predicted octanol–water partition coefficient (Wildman–Crippen LogP) is 2.79. The molecule has 1 aliphatic heterocycles. The van der Waals surface area contributed by atoms with E-state index in [1.165, 1.54) is 19.3 Å². The summed E-state index contributed by atoms with van der Waals surface area (Å²) in [6.07, 6.45) is 1.70. The average Bonchev–Trinajstić information content (AvgIpc) is 2.28. The van der Waals surface area contributed by atoms with Crippen molar-refractivity contribution in [1.29, 1.82) is 0 Å². The van der Waals surface area contributed by atoms with E-state index in [-0.39, 0.29) is 12.1 Å². The van der Waals surface area contributed by atoms with E-state index in [9.17, 15) is 13.2 Å². The maximum atomic E-state index is 12.6. The van der Waals surface area contributed by atoms with Crippen molar-refractivity contribution in [2.45, 2.75) is 57.3 Å². The van der Waals surface area contributed by atoms with Crippen LogP contribution in [0.15, 0.2) is 0 Å². The third-order valence-corrected chi connectivity index (χ3v) is 4.23. The molecule has 0 bridgehead atoms. The van der Waals surface area contributed by atoms with Crippen molar-refractivity contribution in [3.8, 4) is 0 Å². The largest absolute Gasteiger partial charge is 0.401 e. The van der Waals surface area contributed by atoms with E-state index in [4.69, 9.17) is 0 Å². The van der Waals surface area contributed by atoms with Gasteiger partial charge in [-0.2, -0.15) is 13.2 Å². The number of rotatable bonds is 2. The summed E-state index contributed by atoms with van der Waals surface area (Å²) in [6, 6.07) is 0.232. The van der Waals surface area contributed by atoms with Crippen LogP contribution in [0.2, 0.25) is 0 Å². The van der Waals surface area contributed by atoms with Crippen molar-refractivity contribution in [2.75, 3.05) is 19.6 Å². The molecule has 106 valence electrons. The number of nitrogens with one attached hydrogen (secondary N) is 1. The van der Waals surface area contributed by atoms with E-state index in [0.29, 0.717) is 19.0 Å². The molecule has 2 rings (SSSR count). The predicted molar refractivity (Wildman–Crippen MR) is 65.5 cm³/mol. The molecular weight excluding hydrogens is 241 g/mol. The van der Waals surface area contributed by atoms with Gasteiger partial charge < -0.3 is 5.32 Å². The van der Waals surface area contributed by atoms with Crippen molar-refractivity contribution in [2.24, 2.45) is 5.92 Å². The van der Waals surface area contributed by atoms with Crippen LogP contribution in [0.5, 0.6) is 0 Å². The minimum Gasteiger partial charge on any atom is -0.311 e. The molecule has 2 unspecified atom stereocenters. The van der Waals surface area contributed by atoms with Gasteiger partial charge in [-0.25, -0.2) is 0 Å². The molecule has 5 heteroatoms. The lowest BCUT2D eigenvalue weighted by Crippen LogP contribution is -2.60.